The van der Waals surface area contributed by atoms with E-state index in [0.717, 1.165) is 11.0 Å². The van der Waals surface area contributed by atoms with Gasteiger partial charge in [-0.15, -0.1) is 0 Å². The second kappa shape index (κ2) is 6.98. The summed E-state index contributed by atoms with van der Waals surface area (Å²) in [6.45, 7) is 6.40. The predicted molar refractivity (Wildman–Crippen MR) is 102 cm³/mol. The molecule has 0 spiro atoms. The minimum atomic E-state index is -0.228. The van der Waals surface area contributed by atoms with Crippen LogP contribution in [0.15, 0.2) is 42.7 Å². The van der Waals surface area contributed by atoms with Gasteiger partial charge in [-0.25, -0.2) is 14.1 Å². The maximum atomic E-state index is 14.0. The number of carbonyl (C=O) groups excluding carboxylic acids is 1. The number of benzene rings is 1. The van der Waals surface area contributed by atoms with Crippen LogP contribution in [0.1, 0.15) is 30.2 Å². The molecule has 4 rings (SSSR count). The lowest BCUT2D eigenvalue weighted by molar-refractivity contribution is 0.0746. The molecule has 1 saturated heterocycles. The maximum absolute atomic E-state index is 14.0. The summed E-state index contributed by atoms with van der Waals surface area (Å²) in [6.07, 6.45) is 3.36. The van der Waals surface area contributed by atoms with Crippen molar-refractivity contribution >= 4 is 22.6 Å². The largest absolute Gasteiger partial charge is 0.366 e. The number of para-hydroxylation sites is 1. The van der Waals surface area contributed by atoms with E-state index in [-0.39, 0.29) is 17.8 Å². The van der Waals surface area contributed by atoms with Crippen molar-refractivity contribution in [2.24, 2.45) is 0 Å². The van der Waals surface area contributed by atoms with Gasteiger partial charge in [0.15, 0.2) is 5.65 Å². The third-order valence-corrected chi connectivity index (χ3v) is 4.93. The van der Waals surface area contributed by atoms with Crippen molar-refractivity contribution in [2.45, 2.75) is 19.9 Å². The lowest BCUT2D eigenvalue weighted by Crippen LogP contribution is -2.49. The summed E-state index contributed by atoms with van der Waals surface area (Å²) in [5.41, 5.74) is 1.94. The summed E-state index contributed by atoms with van der Waals surface area (Å²) in [4.78, 5) is 21.1. The van der Waals surface area contributed by atoms with Crippen LogP contribution in [0.3, 0.4) is 0 Å². The van der Waals surface area contributed by atoms with Gasteiger partial charge in [-0.2, -0.15) is 5.10 Å². The van der Waals surface area contributed by atoms with Gasteiger partial charge in [-0.1, -0.05) is 12.1 Å². The Bertz CT molecular complexity index is 975. The molecule has 27 heavy (non-hydrogen) atoms. The van der Waals surface area contributed by atoms with Crippen LogP contribution in [-0.2, 0) is 0 Å². The van der Waals surface area contributed by atoms with Crippen molar-refractivity contribution in [1.82, 2.24) is 19.7 Å². The summed E-state index contributed by atoms with van der Waals surface area (Å²) in [5.74, 6) is -0.274. The fraction of sp³-hybridized carbons (Fsp3) is 0.350. The van der Waals surface area contributed by atoms with E-state index in [2.05, 4.69) is 10.1 Å². The SMILES string of the molecule is CC(C)n1ncc2cc(C(=O)N3CCN(c4ccccc4F)CC3)cnc21. The highest BCUT2D eigenvalue weighted by Gasteiger charge is 2.24. The lowest BCUT2D eigenvalue weighted by atomic mass is 10.2. The van der Waals surface area contributed by atoms with Crippen molar-refractivity contribution in [3.05, 3.63) is 54.1 Å². The summed E-state index contributed by atoms with van der Waals surface area (Å²) in [6, 6.07) is 8.81. The van der Waals surface area contributed by atoms with E-state index >= 15 is 0 Å². The molecule has 0 bridgehead atoms. The Morgan fingerprint density at radius 1 is 1.11 bits per heavy atom. The van der Waals surface area contributed by atoms with E-state index < -0.39 is 0 Å². The third-order valence-electron chi connectivity index (χ3n) is 4.93. The first-order chi connectivity index (χ1) is 13.0. The summed E-state index contributed by atoms with van der Waals surface area (Å²) in [7, 11) is 0. The second-order valence-corrected chi connectivity index (χ2v) is 7.05. The normalized spacial score (nSPS) is 15.0. The molecular formula is C20H22FN5O. The highest BCUT2D eigenvalue weighted by atomic mass is 19.1. The van der Waals surface area contributed by atoms with Gasteiger partial charge in [0.05, 0.1) is 17.4 Å². The van der Waals surface area contributed by atoms with Crippen molar-refractivity contribution < 1.29 is 9.18 Å². The number of piperazine rings is 1. The first-order valence-corrected chi connectivity index (χ1v) is 9.16. The number of carbonyl (C=O) groups is 1. The first-order valence-electron chi connectivity index (χ1n) is 9.16. The van der Waals surface area contributed by atoms with Gasteiger partial charge in [0, 0.05) is 43.8 Å². The third kappa shape index (κ3) is 3.25. The number of halogens is 1. The molecule has 0 saturated carbocycles. The van der Waals surface area contributed by atoms with Crippen molar-refractivity contribution in [2.75, 3.05) is 31.1 Å². The molecule has 1 aliphatic rings. The number of hydrogen-bond donors (Lipinski definition) is 0. The number of rotatable bonds is 3. The number of pyridine rings is 1. The Hall–Kier alpha value is -2.96. The van der Waals surface area contributed by atoms with Gasteiger partial charge >= 0.3 is 0 Å². The Kier molecular flexibility index (Phi) is 4.51. The first kappa shape index (κ1) is 17.5. The minimum Gasteiger partial charge on any atom is -0.366 e. The smallest absolute Gasteiger partial charge is 0.255 e. The average molecular weight is 367 g/mol. The van der Waals surface area contributed by atoms with Crippen molar-refractivity contribution in [3.8, 4) is 0 Å². The number of aromatic nitrogens is 3. The van der Waals surface area contributed by atoms with E-state index in [1.807, 2.05) is 35.6 Å². The molecule has 140 valence electrons. The molecule has 6 nitrogen and oxygen atoms in total. The van der Waals surface area contributed by atoms with E-state index in [9.17, 15) is 9.18 Å². The highest BCUT2D eigenvalue weighted by Crippen LogP contribution is 2.22. The van der Waals surface area contributed by atoms with E-state index in [0.29, 0.717) is 37.4 Å². The fourth-order valence-corrected chi connectivity index (χ4v) is 3.48. The minimum absolute atomic E-state index is 0.0464. The number of nitrogens with zero attached hydrogens (tertiary/aromatic N) is 5. The molecule has 0 atom stereocenters. The zero-order chi connectivity index (χ0) is 19.0. The van der Waals surface area contributed by atoms with Crippen LogP contribution >= 0.6 is 0 Å². The molecule has 3 aromatic rings. The van der Waals surface area contributed by atoms with Crippen LogP contribution in [0.25, 0.3) is 11.0 Å². The molecular weight excluding hydrogens is 345 g/mol. The Morgan fingerprint density at radius 2 is 1.85 bits per heavy atom. The molecule has 0 unspecified atom stereocenters. The number of fused-ring (bicyclic) bond motifs is 1. The number of anilines is 1. The molecule has 1 amide bonds. The topological polar surface area (TPSA) is 54.3 Å². The van der Waals surface area contributed by atoms with E-state index in [4.69, 9.17) is 0 Å². The summed E-state index contributed by atoms with van der Waals surface area (Å²) in [5, 5.41) is 5.21. The van der Waals surface area contributed by atoms with E-state index in [1.165, 1.54) is 6.07 Å². The Labute approximate surface area is 157 Å². The molecule has 1 aromatic carbocycles. The zero-order valence-electron chi connectivity index (χ0n) is 15.5. The highest BCUT2D eigenvalue weighted by molar-refractivity contribution is 5.97. The van der Waals surface area contributed by atoms with Crippen LogP contribution in [0.4, 0.5) is 10.1 Å². The monoisotopic (exact) mass is 367 g/mol. The van der Waals surface area contributed by atoms with Gasteiger partial charge in [0.1, 0.15) is 5.82 Å². The standard InChI is InChI=1S/C20H22FN5O/c1-14(2)26-19-15(13-23-26)11-16(12-22-19)20(27)25-9-7-24(8-10-25)18-6-4-3-5-17(18)21/h3-6,11-14H,7-10H2,1-2H3. The lowest BCUT2D eigenvalue weighted by Gasteiger charge is -2.36. The maximum Gasteiger partial charge on any atom is 0.255 e. The molecule has 1 fully saturated rings. The van der Waals surface area contributed by atoms with Crippen LogP contribution in [-0.4, -0.2) is 51.8 Å². The number of amides is 1. The molecule has 0 aliphatic carbocycles. The Balaban J connectivity index is 1.48. The van der Waals surface area contributed by atoms with Gasteiger partial charge in [-0.05, 0) is 32.0 Å². The zero-order valence-corrected chi connectivity index (χ0v) is 15.5. The fourth-order valence-electron chi connectivity index (χ4n) is 3.48. The quantitative estimate of drug-likeness (QED) is 0.714. The van der Waals surface area contributed by atoms with Crippen molar-refractivity contribution in [1.29, 1.82) is 0 Å². The number of hydrogen-bond acceptors (Lipinski definition) is 4. The summed E-state index contributed by atoms with van der Waals surface area (Å²) < 4.78 is 15.8. The van der Waals surface area contributed by atoms with Gasteiger partial charge in [0.25, 0.3) is 5.91 Å². The van der Waals surface area contributed by atoms with Crippen LogP contribution in [0.5, 0.6) is 0 Å². The molecule has 7 heteroatoms. The summed E-state index contributed by atoms with van der Waals surface area (Å²) >= 11 is 0. The average Bonchev–Trinajstić information content (AvgIpc) is 3.11. The van der Waals surface area contributed by atoms with Crippen molar-refractivity contribution in [3.63, 3.8) is 0 Å². The molecule has 0 radical (unpaired) electrons. The van der Waals surface area contributed by atoms with Crippen LogP contribution in [0.2, 0.25) is 0 Å². The van der Waals surface area contributed by atoms with Crippen LogP contribution < -0.4 is 4.90 Å². The second-order valence-electron chi connectivity index (χ2n) is 7.05. The van der Waals surface area contributed by atoms with Crippen LogP contribution in [0, 0.1) is 5.82 Å². The molecule has 2 aromatic heterocycles. The van der Waals surface area contributed by atoms with Gasteiger partial charge in [0.2, 0.25) is 0 Å². The van der Waals surface area contributed by atoms with Gasteiger partial charge < -0.3 is 9.80 Å². The Morgan fingerprint density at radius 3 is 2.56 bits per heavy atom. The van der Waals surface area contributed by atoms with E-state index in [1.54, 1.807) is 29.4 Å². The van der Waals surface area contributed by atoms with Gasteiger partial charge in [-0.3, -0.25) is 4.79 Å². The predicted octanol–water partition coefficient (Wildman–Crippen LogP) is 3.11. The molecule has 1 aliphatic heterocycles. The molecule has 0 N–H and O–H groups in total. The molecule has 3 heterocycles.